The Hall–Kier alpha value is -0.940. The zero-order valence-electron chi connectivity index (χ0n) is 9.82. The van der Waals surface area contributed by atoms with E-state index in [4.69, 9.17) is 17.4 Å². The summed E-state index contributed by atoms with van der Waals surface area (Å²) in [6, 6.07) is 7.53. The first-order valence-electron chi connectivity index (χ1n) is 5.45. The smallest absolute Gasteiger partial charge is 0.0742 e. The van der Waals surface area contributed by atoms with Gasteiger partial charge in [0, 0.05) is 21.9 Å². The first-order chi connectivity index (χ1) is 8.63. The van der Waals surface area contributed by atoms with E-state index < -0.39 is 0 Å². The Kier molecular flexibility index (Phi) is 4.35. The predicted molar refractivity (Wildman–Crippen MR) is 77.3 cm³/mol. The summed E-state index contributed by atoms with van der Waals surface area (Å²) in [5, 5.41) is 0.663. The summed E-state index contributed by atoms with van der Waals surface area (Å²) >= 11 is 9.65. The maximum atomic E-state index is 6.26. The topological polar surface area (TPSA) is 50.9 Å². The zero-order valence-corrected chi connectivity index (χ0v) is 12.2. The molecular formula is C13H13BrClN3. The van der Waals surface area contributed by atoms with E-state index in [9.17, 15) is 0 Å². The van der Waals surface area contributed by atoms with Crippen LogP contribution in [0.25, 0.3) is 0 Å². The molecule has 3 N–H and O–H groups in total. The number of hydrazine groups is 1. The first kappa shape index (κ1) is 13.5. The maximum absolute atomic E-state index is 6.26. The molecule has 0 radical (unpaired) electrons. The molecule has 0 spiro atoms. The van der Waals surface area contributed by atoms with Crippen molar-refractivity contribution < 1.29 is 0 Å². The van der Waals surface area contributed by atoms with Gasteiger partial charge < -0.3 is 0 Å². The van der Waals surface area contributed by atoms with Crippen LogP contribution in [-0.2, 0) is 0 Å². The second kappa shape index (κ2) is 5.80. The van der Waals surface area contributed by atoms with E-state index in [1.165, 1.54) is 0 Å². The largest absolute Gasteiger partial charge is 0.271 e. The normalized spacial score (nSPS) is 12.4. The molecule has 0 fully saturated rings. The number of halogens is 2. The number of nitrogens with two attached hydrogens (primary N) is 1. The van der Waals surface area contributed by atoms with Crippen molar-refractivity contribution in [2.24, 2.45) is 5.84 Å². The fourth-order valence-corrected chi connectivity index (χ4v) is 2.64. The highest BCUT2D eigenvalue weighted by atomic mass is 79.9. The minimum absolute atomic E-state index is 0.167. The van der Waals surface area contributed by atoms with Crippen molar-refractivity contribution in [2.45, 2.75) is 13.0 Å². The second-order valence-corrected chi connectivity index (χ2v) is 5.32. The number of pyridine rings is 1. The highest BCUT2D eigenvalue weighted by molar-refractivity contribution is 9.10. The summed E-state index contributed by atoms with van der Waals surface area (Å²) in [7, 11) is 0. The molecule has 1 unspecified atom stereocenters. The van der Waals surface area contributed by atoms with E-state index in [0.29, 0.717) is 5.02 Å². The lowest BCUT2D eigenvalue weighted by Gasteiger charge is -2.19. The number of benzene rings is 1. The van der Waals surface area contributed by atoms with Crippen LogP contribution in [0.3, 0.4) is 0 Å². The molecule has 0 aliphatic heterocycles. The fourth-order valence-electron chi connectivity index (χ4n) is 1.86. The second-order valence-electron chi connectivity index (χ2n) is 4.00. The third-order valence-electron chi connectivity index (χ3n) is 2.83. The van der Waals surface area contributed by atoms with Gasteiger partial charge in [-0.3, -0.25) is 10.8 Å². The minimum atomic E-state index is -0.167. The van der Waals surface area contributed by atoms with E-state index in [-0.39, 0.29) is 6.04 Å². The van der Waals surface area contributed by atoms with E-state index in [1.807, 2.05) is 31.2 Å². The Balaban J connectivity index is 2.49. The molecule has 0 aliphatic rings. The standard InChI is InChI=1S/C13H13BrClN3/c1-8-4-5-17-7-11(8)13(18-16)10-3-2-9(14)6-12(10)15/h2-7,13,18H,16H2,1H3. The van der Waals surface area contributed by atoms with E-state index in [1.54, 1.807) is 12.4 Å². The molecule has 3 nitrogen and oxygen atoms in total. The predicted octanol–water partition coefficient (Wildman–Crippen LogP) is 3.36. The molecule has 1 aromatic carbocycles. The fraction of sp³-hybridized carbons (Fsp3) is 0.154. The van der Waals surface area contributed by atoms with Crippen LogP contribution in [0.15, 0.2) is 41.1 Å². The van der Waals surface area contributed by atoms with Gasteiger partial charge in [0.1, 0.15) is 0 Å². The lowest BCUT2D eigenvalue weighted by atomic mass is 9.97. The average molecular weight is 327 g/mol. The number of nitrogens with zero attached hydrogens (tertiary/aromatic N) is 1. The van der Waals surface area contributed by atoms with Gasteiger partial charge in [0.25, 0.3) is 0 Å². The lowest BCUT2D eigenvalue weighted by molar-refractivity contribution is 0.631. The monoisotopic (exact) mass is 325 g/mol. The minimum Gasteiger partial charge on any atom is -0.271 e. The van der Waals surface area contributed by atoms with E-state index in [0.717, 1.165) is 21.2 Å². The van der Waals surface area contributed by atoms with Crippen LogP contribution in [0.5, 0.6) is 0 Å². The van der Waals surface area contributed by atoms with Crippen LogP contribution in [0.1, 0.15) is 22.7 Å². The number of aryl methyl sites for hydroxylation is 1. The van der Waals surface area contributed by atoms with Gasteiger partial charge in [-0.05, 0) is 41.8 Å². The zero-order chi connectivity index (χ0) is 13.1. The van der Waals surface area contributed by atoms with E-state index in [2.05, 4.69) is 26.3 Å². The number of hydrogen-bond acceptors (Lipinski definition) is 3. The van der Waals surface area contributed by atoms with Crippen LogP contribution < -0.4 is 11.3 Å². The number of hydrogen-bond donors (Lipinski definition) is 2. The van der Waals surface area contributed by atoms with Crippen LogP contribution in [0, 0.1) is 6.92 Å². The Morgan fingerprint density at radius 2 is 2.11 bits per heavy atom. The number of rotatable bonds is 3. The molecule has 0 bridgehead atoms. The Morgan fingerprint density at radius 1 is 1.33 bits per heavy atom. The summed E-state index contributed by atoms with van der Waals surface area (Å²) in [6.45, 7) is 2.02. The summed E-state index contributed by atoms with van der Waals surface area (Å²) in [4.78, 5) is 4.14. The van der Waals surface area contributed by atoms with Gasteiger partial charge in [-0.1, -0.05) is 33.6 Å². The van der Waals surface area contributed by atoms with Crippen molar-refractivity contribution in [1.82, 2.24) is 10.4 Å². The molecule has 1 heterocycles. The van der Waals surface area contributed by atoms with Gasteiger partial charge in [0.05, 0.1) is 6.04 Å². The number of aromatic nitrogens is 1. The quantitative estimate of drug-likeness (QED) is 0.672. The summed E-state index contributed by atoms with van der Waals surface area (Å²) in [5.41, 5.74) is 5.86. The molecular weight excluding hydrogens is 314 g/mol. The van der Waals surface area contributed by atoms with Crippen molar-refractivity contribution in [1.29, 1.82) is 0 Å². The van der Waals surface area contributed by atoms with Crippen molar-refractivity contribution >= 4 is 27.5 Å². The van der Waals surface area contributed by atoms with Crippen LogP contribution in [0.2, 0.25) is 5.02 Å². The van der Waals surface area contributed by atoms with Gasteiger partial charge in [0.15, 0.2) is 0 Å². The van der Waals surface area contributed by atoms with E-state index >= 15 is 0 Å². The molecule has 1 atom stereocenters. The van der Waals surface area contributed by atoms with Crippen LogP contribution in [0.4, 0.5) is 0 Å². The average Bonchev–Trinajstić information content (AvgIpc) is 2.34. The third kappa shape index (κ3) is 2.72. The Bertz CT molecular complexity index is 560. The Morgan fingerprint density at radius 3 is 2.72 bits per heavy atom. The van der Waals surface area contributed by atoms with Crippen molar-refractivity contribution in [2.75, 3.05) is 0 Å². The van der Waals surface area contributed by atoms with Gasteiger partial charge in [-0.25, -0.2) is 5.43 Å². The maximum Gasteiger partial charge on any atom is 0.0742 e. The summed E-state index contributed by atoms with van der Waals surface area (Å²) in [5.74, 6) is 5.66. The van der Waals surface area contributed by atoms with Crippen molar-refractivity contribution in [3.63, 3.8) is 0 Å². The number of nitrogens with one attached hydrogen (secondary N) is 1. The molecule has 5 heteroatoms. The first-order valence-corrected chi connectivity index (χ1v) is 6.62. The van der Waals surface area contributed by atoms with Gasteiger partial charge in [-0.15, -0.1) is 0 Å². The molecule has 1 aromatic heterocycles. The molecule has 0 aliphatic carbocycles. The highest BCUT2D eigenvalue weighted by Crippen LogP contribution is 2.31. The molecule has 0 saturated heterocycles. The molecule has 0 amide bonds. The highest BCUT2D eigenvalue weighted by Gasteiger charge is 2.17. The van der Waals surface area contributed by atoms with Crippen LogP contribution in [-0.4, -0.2) is 4.98 Å². The molecule has 2 aromatic rings. The third-order valence-corrected chi connectivity index (χ3v) is 3.65. The van der Waals surface area contributed by atoms with Gasteiger partial charge in [0.2, 0.25) is 0 Å². The molecule has 2 rings (SSSR count). The van der Waals surface area contributed by atoms with Crippen molar-refractivity contribution in [3.05, 3.63) is 62.8 Å². The summed E-state index contributed by atoms with van der Waals surface area (Å²) in [6.07, 6.45) is 3.56. The van der Waals surface area contributed by atoms with Crippen molar-refractivity contribution in [3.8, 4) is 0 Å². The molecule has 0 saturated carbocycles. The van der Waals surface area contributed by atoms with Gasteiger partial charge in [-0.2, -0.15) is 0 Å². The lowest BCUT2D eigenvalue weighted by Crippen LogP contribution is -2.29. The Labute approximate surface area is 119 Å². The molecule has 94 valence electrons. The SMILES string of the molecule is Cc1ccncc1C(NN)c1ccc(Br)cc1Cl. The van der Waals surface area contributed by atoms with Crippen LogP contribution >= 0.6 is 27.5 Å². The van der Waals surface area contributed by atoms with Gasteiger partial charge >= 0.3 is 0 Å². The molecule has 18 heavy (non-hydrogen) atoms. The summed E-state index contributed by atoms with van der Waals surface area (Å²) < 4.78 is 0.940.